The number of imidazole rings is 1. The second kappa shape index (κ2) is 8.43. The van der Waals surface area contributed by atoms with Crippen LogP contribution in [0.2, 0.25) is 5.02 Å². The van der Waals surface area contributed by atoms with Crippen LogP contribution in [0.4, 0.5) is 11.9 Å². The van der Waals surface area contributed by atoms with Gasteiger partial charge >= 0.3 is 0 Å². The zero-order valence-corrected chi connectivity index (χ0v) is 16.9. The van der Waals surface area contributed by atoms with Crippen molar-refractivity contribution in [1.29, 1.82) is 0 Å². The summed E-state index contributed by atoms with van der Waals surface area (Å²) < 4.78 is 7.16. The first kappa shape index (κ1) is 19.2. The van der Waals surface area contributed by atoms with Gasteiger partial charge in [0.1, 0.15) is 5.75 Å². The van der Waals surface area contributed by atoms with Crippen molar-refractivity contribution in [3.63, 3.8) is 0 Å². The van der Waals surface area contributed by atoms with Gasteiger partial charge in [-0.2, -0.15) is 9.97 Å². The van der Waals surface area contributed by atoms with Gasteiger partial charge in [0, 0.05) is 31.9 Å². The lowest BCUT2D eigenvalue weighted by Crippen LogP contribution is -2.28. The van der Waals surface area contributed by atoms with Crippen LogP contribution in [0.5, 0.6) is 5.75 Å². The van der Waals surface area contributed by atoms with Crippen LogP contribution in [0.3, 0.4) is 0 Å². The summed E-state index contributed by atoms with van der Waals surface area (Å²) in [6, 6.07) is 5.56. The van der Waals surface area contributed by atoms with Gasteiger partial charge in [-0.3, -0.25) is 4.40 Å². The number of fused-ring (bicyclic) bond motifs is 1. The molecule has 27 heavy (non-hydrogen) atoms. The molecule has 1 N–H and O–H groups in total. The number of methoxy groups -OCH3 is 1. The number of ether oxygens (including phenoxy) is 1. The normalized spacial score (nSPS) is 11.0. The Morgan fingerprint density at radius 2 is 1.89 bits per heavy atom. The second-order valence-corrected chi connectivity index (χ2v) is 6.63. The zero-order valence-electron chi connectivity index (χ0n) is 16.2. The molecule has 0 aliphatic carbocycles. The van der Waals surface area contributed by atoms with Gasteiger partial charge in [0.05, 0.1) is 17.8 Å². The molecule has 8 heteroatoms. The van der Waals surface area contributed by atoms with Gasteiger partial charge in [-0.15, -0.1) is 0 Å². The van der Waals surface area contributed by atoms with E-state index in [1.807, 2.05) is 29.8 Å². The maximum atomic E-state index is 6.44. The molecule has 144 valence electrons. The first-order chi connectivity index (χ1) is 13.1. The highest BCUT2D eigenvalue weighted by Crippen LogP contribution is 2.31. The standard InChI is InChI=1S/C19H25ClN6O/c1-5-9-25(10-6-2)19-24-17(21-3)23-18-22-16(12-26(18)19)14-8-7-13(27-4)11-15(14)20/h7-8,11-12H,5-6,9-10H2,1-4H3,(H,21,22,23). The number of halogens is 1. The largest absolute Gasteiger partial charge is 0.497 e. The summed E-state index contributed by atoms with van der Waals surface area (Å²) in [4.78, 5) is 16.1. The van der Waals surface area contributed by atoms with Crippen molar-refractivity contribution in [2.75, 3.05) is 37.5 Å². The van der Waals surface area contributed by atoms with Crippen molar-refractivity contribution in [2.45, 2.75) is 26.7 Å². The summed E-state index contributed by atoms with van der Waals surface area (Å²) >= 11 is 6.44. The minimum Gasteiger partial charge on any atom is -0.497 e. The predicted octanol–water partition coefficient (Wildman–Crippen LogP) is 4.12. The van der Waals surface area contributed by atoms with Gasteiger partial charge in [-0.25, -0.2) is 4.98 Å². The number of nitrogens with zero attached hydrogens (tertiary/aromatic N) is 5. The number of hydrogen-bond donors (Lipinski definition) is 1. The minimum absolute atomic E-state index is 0.549. The summed E-state index contributed by atoms with van der Waals surface area (Å²) in [7, 11) is 3.43. The van der Waals surface area contributed by atoms with E-state index < -0.39 is 0 Å². The molecule has 0 spiro atoms. The van der Waals surface area contributed by atoms with Crippen LogP contribution in [-0.4, -0.2) is 46.6 Å². The molecule has 7 nitrogen and oxygen atoms in total. The van der Waals surface area contributed by atoms with Crippen LogP contribution in [0.25, 0.3) is 17.0 Å². The molecule has 0 fully saturated rings. The van der Waals surface area contributed by atoms with Crippen molar-refractivity contribution >= 4 is 29.3 Å². The summed E-state index contributed by atoms with van der Waals surface area (Å²) in [5.74, 6) is 2.68. The molecule has 0 saturated heterocycles. The van der Waals surface area contributed by atoms with Gasteiger partial charge < -0.3 is 15.0 Å². The topological polar surface area (TPSA) is 67.6 Å². The summed E-state index contributed by atoms with van der Waals surface area (Å²) in [5, 5.41) is 3.61. The van der Waals surface area contributed by atoms with Crippen LogP contribution in [0.1, 0.15) is 26.7 Å². The Balaban J connectivity index is 2.14. The highest BCUT2D eigenvalue weighted by molar-refractivity contribution is 6.33. The van der Waals surface area contributed by atoms with Crippen LogP contribution in [-0.2, 0) is 0 Å². The minimum atomic E-state index is 0.549. The summed E-state index contributed by atoms with van der Waals surface area (Å²) in [6.45, 7) is 6.16. The van der Waals surface area contributed by atoms with E-state index in [1.165, 1.54) is 0 Å². The van der Waals surface area contributed by atoms with Crippen molar-refractivity contribution < 1.29 is 4.74 Å². The van der Waals surface area contributed by atoms with Crippen LogP contribution >= 0.6 is 11.6 Å². The quantitative estimate of drug-likeness (QED) is 0.626. The molecule has 3 rings (SSSR count). The molecule has 0 aliphatic rings. The Kier molecular flexibility index (Phi) is 6.01. The smallest absolute Gasteiger partial charge is 0.240 e. The van der Waals surface area contributed by atoms with E-state index in [-0.39, 0.29) is 0 Å². The van der Waals surface area contributed by atoms with E-state index in [0.29, 0.717) is 22.5 Å². The molecule has 0 aliphatic heterocycles. The average Bonchev–Trinajstić information content (AvgIpc) is 3.10. The Bertz CT molecular complexity index is 920. The van der Waals surface area contributed by atoms with E-state index in [4.69, 9.17) is 21.3 Å². The maximum Gasteiger partial charge on any atom is 0.240 e. The van der Waals surface area contributed by atoms with Crippen molar-refractivity contribution in [3.05, 3.63) is 29.4 Å². The Labute approximate surface area is 164 Å². The summed E-state index contributed by atoms with van der Waals surface area (Å²) in [5.41, 5.74) is 1.58. The third kappa shape index (κ3) is 3.93. The Hall–Kier alpha value is -2.54. The first-order valence-electron chi connectivity index (χ1n) is 9.15. The molecule has 3 aromatic rings. The zero-order chi connectivity index (χ0) is 19.4. The molecule has 0 saturated carbocycles. The number of aromatic nitrogens is 4. The van der Waals surface area contributed by atoms with Gasteiger partial charge in [-0.05, 0) is 31.0 Å². The molecule has 2 aromatic heterocycles. The van der Waals surface area contributed by atoms with Crippen LogP contribution < -0.4 is 15.0 Å². The number of rotatable bonds is 8. The van der Waals surface area contributed by atoms with Crippen molar-refractivity contribution in [2.24, 2.45) is 0 Å². The third-order valence-corrected chi connectivity index (χ3v) is 4.57. The average molecular weight is 389 g/mol. The lowest BCUT2D eigenvalue weighted by atomic mass is 10.1. The molecular weight excluding hydrogens is 364 g/mol. The molecule has 2 heterocycles. The van der Waals surface area contributed by atoms with Crippen LogP contribution in [0.15, 0.2) is 24.4 Å². The number of anilines is 2. The second-order valence-electron chi connectivity index (χ2n) is 6.23. The lowest BCUT2D eigenvalue weighted by Gasteiger charge is -2.23. The van der Waals surface area contributed by atoms with E-state index in [0.717, 1.165) is 43.1 Å². The predicted molar refractivity (Wildman–Crippen MR) is 110 cm³/mol. The van der Waals surface area contributed by atoms with E-state index >= 15 is 0 Å². The molecule has 0 amide bonds. The molecule has 0 unspecified atom stereocenters. The number of benzene rings is 1. The van der Waals surface area contributed by atoms with Crippen molar-refractivity contribution in [1.82, 2.24) is 19.4 Å². The highest BCUT2D eigenvalue weighted by Gasteiger charge is 2.17. The Morgan fingerprint density at radius 3 is 2.48 bits per heavy atom. The van der Waals surface area contributed by atoms with Gasteiger partial charge in [0.2, 0.25) is 17.7 Å². The molecule has 0 atom stereocenters. The monoisotopic (exact) mass is 388 g/mol. The SMILES string of the molecule is CCCN(CCC)c1nc(NC)nc2nc(-c3ccc(OC)cc3Cl)cn12. The summed E-state index contributed by atoms with van der Waals surface area (Å²) in [6.07, 6.45) is 4.01. The van der Waals surface area contributed by atoms with Gasteiger partial charge in [0.25, 0.3) is 0 Å². The fraction of sp³-hybridized carbons (Fsp3) is 0.421. The van der Waals surface area contributed by atoms with Gasteiger partial charge in [0.15, 0.2) is 0 Å². The fourth-order valence-electron chi connectivity index (χ4n) is 3.01. The number of nitrogens with one attached hydrogen (secondary N) is 1. The molecular formula is C19H25ClN6O. The molecule has 0 bridgehead atoms. The number of hydrogen-bond acceptors (Lipinski definition) is 6. The lowest BCUT2D eigenvalue weighted by molar-refractivity contribution is 0.415. The molecule has 1 aromatic carbocycles. The van der Waals surface area contributed by atoms with Crippen LogP contribution in [0, 0.1) is 0 Å². The van der Waals surface area contributed by atoms with E-state index in [2.05, 4.69) is 34.0 Å². The van der Waals surface area contributed by atoms with E-state index in [1.54, 1.807) is 13.2 Å². The first-order valence-corrected chi connectivity index (χ1v) is 9.52. The fourth-order valence-corrected chi connectivity index (χ4v) is 3.28. The highest BCUT2D eigenvalue weighted by atomic mass is 35.5. The Morgan fingerprint density at radius 1 is 1.15 bits per heavy atom. The van der Waals surface area contributed by atoms with Crippen molar-refractivity contribution in [3.8, 4) is 17.0 Å². The molecule has 0 radical (unpaired) electrons. The third-order valence-electron chi connectivity index (χ3n) is 4.26. The van der Waals surface area contributed by atoms with E-state index in [9.17, 15) is 0 Å². The maximum absolute atomic E-state index is 6.44. The van der Waals surface area contributed by atoms with Gasteiger partial charge in [-0.1, -0.05) is 25.4 Å².